The normalized spacial score (nSPS) is 12.8. The van der Waals surface area contributed by atoms with Crippen molar-refractivity contribution < 1.29 is 0 Å². The second-order valence-electron chi connectivity index (χ2n) is 4.53. The lowest BCUT2D eigenvalue weighted by Crippen LogP contribution is -1.93. The summed E-state index contributed by atoms with van der Waals surface area (Å²) in [6.07, 6.45) is 1.93. The van der Waals surface area contributed by atoms with E-state index < -0.39 is 0 Å². The molecule has 0 heterocycles. The maximum Gasteiger partial charge on any atom is 0.0731 e. The van der Waals surface area contributed by atoms with E-state index in [9.17, 15) is 0 Å². The predicted octanol–water partition coefficient (Wildman–Crippen LogP) is 5.70. The van der Waals surface area contributed by atoms with Gasteiger partial charge in [0.25, 0.3) is 0 Å². The third-order valence-corrected chi connectivity index (χ3v) is 4.12. The molecule has 0 saturated heterocycles. The lowest BCUT2D eigenvalue weighted by molar-refractivity contribution is 0.820. The SMILES string of the molecule is Cc1ccc(C=NC(C)c2ccc(Br)cc2Br)cc1. The van der Waals surface area contributed by atoms with Gasteiger partial charge in [-0.15, -0.1) is 0 Å². The molecule has 0 aromatic heterocycles. The topological polar surface area (TPSA) is 12.4 Å². The molecule has 0 bridgehead atoms. The van der Waals surface area contributed by atoms with Crippen LogP contribution in [0.15, 0.2) is 56.4 Å². The van der Waals surface area contributed by atoms with Crippen LogP contribution in [-0.4, -0.2) is 6.21 Å². The Hall–Kier alpha value is -0.930. The number of nitrogens with zero attached hydrogens (tertiary/aromatic N) is 1. The van der Waals surface area contributed by atoms with E-state index in [4.69, 9.17) is 0 Å². The van der Waals surface area contributed by atoms with E-state index in [1.165, 1.54) is 11.1 Å². The van der Waals surface area contributed by atoms with Crippen LogP contribution >= 0.6 is 31.9 Å². The van der Waals surface area contributed by atoms with E-state index in [2.05, 4.69) is 81.0 Å². The monoisotopic (exact) mass is 379 g/mol. The van der Waals surface area contributed by atoms with Crippen LogP contribution in [0.25, 0.3) is 0 Å². The minimum Gasteiger partial charge on any atom is -0.285 e. The molecule has 2 aromatic rings. The van der Waals surface area contributed by atoms with Gasteiger partial charge in [0.15, 0.2) is 0 Å². The average Bonchev–Trinajstić information content (AvgIpc) is 2.37. The van der Waals surface area contributed by atoms with Gasteiger partial charge in [-0.1, -0.05) is 67.8 Å². The molecule has 0 amide bonds. The van der Waals surface area contributed by atoms with Gasteiger partial charge in [-0.25, -0.2) is 0 Å². The Morgan fingerprint density at radius 2 is 1.74 bits per heavy atom. The summed E-state index contributed by atoms with van der Waals surface area (Å²) in [7, 11) is 0. The Balaban J connectivity index is 2.16. The van der Waals surface area contributed by atoms with Crippen molar-refractivity contribution in [3.8, 4) is 0 Å². The number of rotatable bonds is 3. The number of benzene rings is 2. The Kier molecular flexibility index (Phi) is 4.94. The van der Waals surface area contributed by atoms with Crippen molar-refractivity contribution in [2.24, 2.45) is 4.99 Å². The number of hydrogen-bond acceptors (Lipinski definition) is 1. The van der Waals surface area contributed by atoms with E-state index in [0.717, 1.165) is 14.5 Å². The third kappa shape index (κ3) is 4.02. The van der Waals surface area contributed by atoms with Crippen molar-refractivity contribution in [1.29, 1.82) is 0 Å². The highest BCUT2D eigenvalue weighted by atomic mass is 79.9. The smallest absolute Gasteiger partial charge is 0.0731 e. The van der Waals surface area contributed by atoms with Gasteiger partial charge in [-0.05, 0) is 37.1 Å². The predicted molar refractivity (Wildman–Crippen MR) is 89.0 cm³/mol. The van der Waals surface area contributed by atoms with Crippen molar-refractivity contribution >= 4 is 38.1 Å². The van der Waals surface area contributed by atoms with Crippen LogP contribution in [0.1, 0.15) is 29.7 Å². The van der Waals surface area contributed by atoms with Gasteiger partial charge in [-0.3, -0.25) is 4.99 Å². The summed E-state index contributed by atoms with van der Waals surface area (Å²) < 4.78 is 2.15. The zero-order valence-corrected chi connectivity index (χ0v) is 14.1. The number of hydrogen-bond donors (Lipinski definition) is 0. The van der Waals surface area contributed by atoms with Crippen LogP contribution in [0.5, 0.6) is 0 Å². The molecule has 3 heteroatoms. The fraction of sp³-hybridized carbons (Fsp3) is 0.188. The van der Waals surface area contributed by atoms with E-state index >= 15 is 0 Å². The molecule has 0 spiro atoms. The molecule has 0 aliphatic carbocycles. The van der Waals surface area contributed by atoms with Gasteiger partial charge in [0.05, 0.1) is 6.04 Å². The summed E-state index contributed by atoms with van der Waals surface area (Å²) in [5.41, 5.74) is 3.58. The second kappa shape index (κ2) is 6.49. The molecule has 0 aliphatic rings. The summed E-state index contributed by atoms with van der Waals surface area (Å²) in [6, 6.07) is 14.7. The highest BCUT2D eigenvalue weighted by molar-refractivity contribution is 9.11. The van der Waals surface area contributed by atoms with Gasteiger partial charge in [0, 0.05) is 15.2 Å². The minimum absolute atomic E-state index is 0.128. The zero-order chi connectivity index (χ0) is 13.8. The Morgan fingerprint density at radius 3 is 2.37 bits per heavy atom. The number of halogens is 2. The molecular weight excluding hydrogens is 366 g/mol. The molecule has 2 aromatic carbocycles. The highest BCUT2D eigenvalue weighted by Crippen LogP contribution is 2.28. The van der Waals surface area contributed by atoms with Gasteiger partial charge >= 0.3 is 0 Å². The Labute approximate surface area is 131 Å². The molecule has 0 radical (unpaired) electrons. The quantitative estimate of drug-likeness (QED) is 0.605. The first-order valence-electron chi connectivity index (χ1n) is 6.11. The van der Waals surface area contributed by atoms with Crippen LogP contribution in [0.3, 0.4) is 0 Å². The maximum absolute atomic E-state index is 4.61. The standard InChI is InChI=1S/C16H15Br2N/c1-11-3-5-13(6-4-11)10-19-12(2)15-8-7-14(17)9-16(15)18/h3-10,12H,1-2H3. The number of aryl methyl sites for hydroxylation is 1. The zero-order valence-electron chi connectivity index (χ0n) is 10.9. The van der Waals surface area contributed by atoms with Crippen molar-refractivity contribution in [3.05, 3.63) is 68.1 Å². The van der Waals surface area contributed by atoms with Gasteiger partial charge in [0.2, 0.25) is 0 Å². The Morgan fingerprint density at radius 1 is 1.05 bits per heavy atom. The first kappa shape index (κ1) is 14.5. The molecule has 1 unspecified atom stereocenters. The molecule has 0 aliphatic heterocycles. The van der Waals surface area contributed by atoms with Crippen molar-refractivity contribution in [2.45, 2.75) is 19.9 Å². The number of aliphatic imine (C=N–C) groups is 1. The van der Waals surface area contributed by atoms with Crippen molar-refractivity contribution in [2.75, 3.05) is 0 Å². The summed E-state index contributed by atoms with van der Waals surface area (Å²) in [5.74, 6) is 0. The molecular formula is C16H15Br2N. The molecule has 0 saturated carbocycles. The lowest BCUT2D eigenvalue weighted by atomic mass is 10.1. The van der Waals surface area contributed by atoms with Crippen LogP contribution in [-0.2, 0) is 0 Å². The minimum atomic E-state index is 0.128. The van der Waals surface area contributed by atoms with Crippen LogP contribution < -0.4 is 0 Å². The maximum atomic E-state index is 4.61. The summed E-state index contributed by atoms with van der Waals surface area (Å²) in [5, 5.41) is 0. The fourth-order valence-corrected chi connectivity index (χ4v) is 3.15. The molecule has 0 N–H and O–H groups in total. The largest absolute Gasteiger partial charge is 0.285 e. The van der Waals surface area contributed by atoms with E-state index in [1.807, 2.05) is 18.3 Å². The van der Waals surface area contributed by atoms with Crippen molar-refractivity contribution in [3.63, 3.8) is 0 Å². The van der Waals surface area contributed by atoms with E-state index in [1.54, 1.807) is 0 Å². The third-order valence-electron chi connectivity index (χ3n) is 2.94. The molecule has 1 nitrogen and oxygen atoms in total. The Bertz CT molecular complexity index is 588. The van der Waals surface area contributed by atoms with Gasteiger partial charge < -0.3 is 0 Å². The summed E-state index contributed by atoms with van der Waals surface area (Å²) in [4.78, 5) is 4.61. The first-order valence-corrected chi connectivity index (χ1v) is 7.69. The molecule has 1 atom stereocenters. The van der Waals surface area contributed by atoms with Crippen LogP contribution in [0.4, 0.5) is 0 Å². The molecule has 2 rings (SSSR count). The highest BCUT2D eigenvalue weighted by Gasteiger charge is 2.07. The van der Waals surface area contributed by atoms with Crippen molar-refractivity contribution in [1.82, 2.24) is 0 Å². The second-order valence-corrected chi connectivity index (χ2v) is 6.30. The summed E-state index contributed by atoms with van der Waals surface area (Å²) in [6.45, 7) is 4.18. The molecule has 0 fully saturated rings. The molecule has 98 valence electrons. The van der Waals surface area contributed by atoms with Crippen LogP contribution in [0, 0.1) is 6.92 Å². The average molecular weight is 381 g/mol. The van der Waals surface area contributed by atoms with E-state index in [0.29, 0.717) is 0 Å². The lowest BCUT2D eigenvalue weighted by Gasteiger charge is -2.09. The molecule has 19 heavy (non-hydrogen) atoms. The summed E-state index contributed by atoms with van der Waals surface area (Å²) >= 11 is 7.04. The van der Waals surface area contributed by atoms with Gasteiger partial charge in [-0.2, -0.15) is 0 Å². The van der Waals surface area contributed by atoms with Crippen LogP contribution in [0.2, 0.25) is 0 Å². The fourth-order valence-electron chi connectivity index (χ4n) is 1.77. The van der Waals surface area contributed by atoms with Gasteiger partial charge in [0.1, 0.15) is 0 Å². The van der Waals surface area contributed by atoms with E-state index in [-0.39, 0.29) is 6.04 Å². The first-order chi connectivity index (χ1) is 9.06.